The Labute approximate surface area is 147 Å². The fourth-order valence-corrected chi connectivity index (χ4v) is 4.91. The molecule has 2 aromatic rings. The second-order valence-corrected chi connectivity index (χ2v) is 10.5. The molecular formula is C10H8O12S4. The summed E-state index contributed by atoms with van der Waals surface area (Å²) in [6.07, 6.45) is 0. The van der Waals surface area contributed by atoms with Gasteiger partial charge in [0.05, 0.1) is 9.79 Å². The van der Waals surface area contributed by atoms with E-state index in [1.165, 1.54) is 0 Å². The standard InChI is InChI=1S/C10H8O12S4/c11-23(12,13)6-1-5-2-7(24(14,15)16)4-9(26(20,21)22)10(5)8(3-6)25(17,18)19/h1-4H,(H,11,12,13)(H,14,15,16)(H,17,18,19)(H,20,21,22). The highest BCUT2D eigenvalue weighted by Crippen LogP contribution is 2.34. The van der Waals surface area contributed by atoms with Gasteiger partial charge in [0.2, 0.25) is 0 Å². The predicted molar refractivity (Wildman–Crippen MR) is 83.2 cm³/mol. The first-order valence-electron chi connectivity index (χ1n) is 5.94. The number of hydrogen-bond acceptors (Lipinski definition) is 8. The third kappa shape index (κ3) is 4.01. The molecule has 0 amide bonds. The molecule has 0 saturated carbocycles. The SMILES string of the molecule is O=S(=O)(O)c1cc(S(=O)(=O)O)c2c(S(=O)(=O)O)cc(S(=O)(=O)O)cc2c1. The Hall–Kier alpha value is -1.66. The van der Waals surface area contributed by atoms with Crippen LogP contribution >= 0.6 is 0 Å². The summed E-state index contributed by atoms with van der Waals surface area (Å²) in [5.74, 6) is 0. The highest BCUT2D eigenvalue weighted by atomic mass is 32.2. The minimum absolute atomic E-state index is 0.203. The monoisotopic (exact) mass is 448 g/mol. The zero-order valence-corrected chi connectivity index (χ0v) is 15.3. The molecule has 144 valence electrons. The summed E-state index contributed by atoms with van der Waals surface area (Å²) in [4.78, 5) is -4.97. The first-order chi connectivity index (χ1) is 11.4. The lowest BCUT2D eigenvalue weighted by atomic mass is 10.1. The summed E-state index contributed by atoms with van der Waals surface area (Å²) in [6, 6.07) is 1.36. The Morgan fingerprint density at radius 1 is 0.500 bits per heavy atom. The van der Waals surface area contributed by atoms with Crippen LogP contribution in [0.15, 0.2) is 43.8 Å². The second kappa shape index (κ2) is 5.92. The molecule has 0 spiro atoms. The summed E-state index contributed by atoms with van der Waals surface area (Å²) in [7, 11) is -20.8. The molecule has 4 N–H and O–H groups in total. The van der Waals surface area contributed by atoms with E-state index in [0.29, 0.717) is 12.1 Å². The third-order valence-corrected chi connectivity index (χ3v) is 6.49. The molecule has 0 radical (unpaired) electrons. The lowest BCUT2D eigenvalue weighted by molar-refractivity contribution is 0.479. The zero-order valence-electron chi connectivity index (χ0n) is 12.0. The van der Waals surface area contributed by atoms with E-state index in [4.69, 9.17) is 9.11 Å². The molecule has 0 heterocycles. The average Bonchev–Trinajstić information content (AvgIpc) is 2.40. The Bertz CT molecular complexity index is 1250. The van der Waals surface area contributed by atoms with Crippen LogP contribution in [0.2, 0.25) is 0 Å². The Morgan fingerprint density at radius 3 is 1.04 bits per heavy atom. The van der Waals surface area contributed by atoms with E-state index >= 15 is 0 Å². The van der Waals surface area contributed by atoms with Gasteiger partial charge in [0.15, 0.2) is 0 Å². The van der Waals surface area contributed by atoms with Crippen molar-refractivity contribution in [1.29, 1.82) is 0 Å². The van der Waals surface area contributed by atoms with E-state index in [-0.39, 0.29) is 12.1 Å². The first-order valence-corrected chi connectivity index (χ1v) is 11.7. The molecule has 0 aromatic heterocycles. The molecule has 26 heavy (non-hydrogen) atoms. The van der Waals surface area contributed by atoms with Crippen LogP contribution in [0.5, 0.6) is 0 Å². The minimum atomic E-state index is -5.31. The van der Waals surface area contributed by atoms with Gasteiger partial charge in [0.1, 0.15) is 9.79 Å². The van der Waals surface area contributed by atoms with Crippen LogP contribution in [-0.4, -0.2) is 51.9 Å². The molecule has 2 aromatic carbocycles. The smallest absolute Gasteiger partial charge is 0.282 e. The maximum absolute atomic E-state index is 11.5. The van der Waals surface area contributed by atoms with Crippen molar-refractivity contribution in [3.05, 3.63) is 24.3 Å². The first kappa shape index (κ1) is 20.6. The molecule has 0 saturated heterocycles. The summed E-state index contributed by atoms with van der Waals surface area (Å²) in [5, 5.41) is -1.72. The Morgan fingerprint density at radius 2 is 0.808 bits per heavy atom. The maximum atomic E-state index is 11.5. The van der Waals surface area contributed by atoms with Gasteiger partial charge in [0, 0.05) is 5.39 Å². The molecule has 0 unspecified atom stereocenters. The van der Waals surface area contributed by atoms with Crippen molar-refractivity contribution in [3.63, 3.8) is 0 Å². The van der Waals surface area contributed by atoms with Gasteiger partial charge in [0.25, 0.3) is 40.5 Å². The Kier molecular flexibility index (Phi) is 4.71. The van der Waals surface area contributed by atoms with E-state index in [1.54, 1.807) is 0 Å². The normalized spacial score (nSPS) is 13.8. The van der Waals surface area contributed by atoms with Crippen LogP contribution in [-0.2, 0) is 40.5 Å². The molecule has 0 aliphatic rings. The van der Waals surface area contributed by atoms with E-state index in [1.807, 2.05) is 0 Å². The third-order valence-electron chi connectivity index (χ3n) is 3.08. The lowest BCUT2D eigenvalue weighted by Crippen LogP contribution is -2.09. The van der Waals surface area contributed by atoms with Crippen molar-refractivity contribution in [3.8, 4) is 0 Å². The van der Waals surface area contributed by atoms with Crippen LogP contribution < -0.4 is 0 Å². The summed E-state index contributed by atoms with van der Waals surface area (Å²) < 4.78 is 128. The number of benzene rings is 2. The van der Waals surface area contributed by atoms with Crippen LogP contribution in [0.1, 0.15) is 0 Å². The van der Waals surface area contributed by atoms with Crippen molar-refractivity contribution in [2.24, 2.45) is 0 Å². The molecule has 0 atom stereocenters. The van der Waals surface area contributed by atoms with Crippen molar-refractivity contribution in [1.82, 2.24) is 0 Å². The van der Waals surface area contributed by atoms with E-state index < -0.39 is 70.8 Å². The van der Waals surface area contributed by atoms with Gasteiger partial charge in [-0.1, -0.05) is 0 Å². The molecule has 16 heteroatoms. The molecule has 12 nitrogen and oxygen atoms in total. The minimum Gasteiger partial charge on any atom is -0.282 e. The van der Waals surface area contributed by atoms with Gasteiger partial charge < -0.3 is 0 Å². The quantitative estimate of drug-likeness (QED) is 0.448. The van der Waals surface area contributed by atoms with Crippen LogP contribution in [0.25, 0.3) is 10.8 Å². The van der Waals surface area contributed by atoms with Gasteiger partial charge in [-0.25, -0.2) is 0 Å². The van der Waals surface area contributed by atoms with Crippen molar-refractivity contribution < 1.29 is 51.9 Å². The molecular weight excluding hydrogens is 440 g/mol. The van der Waals surface area contributed by atoms with Crippen molar-refractivity contribution in [2.45, 2.75) is 19.6 Å². The van der Waals surface area contributed by atoms with Gasteiger partial charge in [-0.15, -0.1) is 0 Å². The topological polar surface area (TPSA) is 217 Å². The molecule has 0 aliphatic heterocycles. The van der Waals surface area contributed by atoms with Gasteiger partial charge in [-0.2, -0.15) is 33.7 Å². The van der Waals surface area contributed by atoms with E-state index in [2.05, 4.69) is 0 Å². The highest BCUT2D eigenvalue weighted by molar-refractivity contribution is 7.87. The van der Waals surface area contributed by atoms with E-state index in [9.17, 15) is 42.8 Å². The number of hydrogen-bond donors (Lipinski definition) is 4. The fraction of sp³-hybridized carbons (Fsp3) is 0. The second-order valence-electron chi connectivity index (χ2n) is 4.84. The van der Waals surface area contributed by atoms with Crippen molar-refractivity contribution in [2.75, 3.05) is 0 Å². The molecule has 0 aliphatic carbocycles. The lowest BCUT2D eigenvalue weighted by Gasteiger charge is -2.11. The molecule has 2 rings (SSSR count). The summed E-state index contributed by atoms with van der Waals surface area (Å²) in [6.45, 7) is 0. The fourth-order valence-electron chi connectivity index (χ4n) is 2.09. The zero-order chi connectivity index (χ0) is 20.3. The number of fused-ring (bicyclic) bond motifs is 1. The molecule has 0 bridgehead atoms. The average molecular weight is 448 g/mol. The van der Waals surface area contributed by atoms with Crippen LogP contribution in [0, 0.1) is 0 Å². The van der Waals surface area contributed by atoms with Crippen LogP contribution in [0.3, 0.4) is 0 Å². The number of rotatable bonds is 4. The largest absolute Gasteiger partial charge is 0.295 e. The maximum Gasteiger partial charge on any atom is 0.295 e. The van der Waals surface area contributed by atoms with Crippen LogP contribution in [0.4, 0.5) is 0 Å². The summed E-state index contributed by atoms with van der Waals surface area (Å²) >= 11 is 0. The highest BCUT2D eigenvalue weighted by Gasteiger charge is 2.28. The predicted octanol–water partition coefficient (Wildman–Crippen LogP) is -0.173. The Balaban J connectivity index is 3.31. The van der Waals surface area contributed by atoms with Gasteiger partial charge >= 0.3 is 0 Å². The van der Waals surface area contributed by atoms with Gasteiger partial charge in [-0.05, 0) is 29.7 Å². The van der Waals surface area contributed by atoms with Crippen molar-refractivity contribution >= 4 is 51.2 Å². The summed E-state index contributed by atoms with van der Waals surface area (Å²) in [5.41, 5.74) is 0. The molecule has 0 fully saturated rings. The van der Waals surface area contributed by atoms with E-state index in [0.717, 1.165) is 0 Å². The van der Waals surface area contributed by atoms with Gasteiger partial charge in [-0.3, -0.25) is 18.2 Å².